The van der Waals surface area contributed by atoms with Crippen molar-refractivity contribution in [3.8, 4) is 0 Å². The van der Waals surface area contributed by atoms with Crippen molar-refractivity contribution >= 4 is 46.2 Å². The van der Waals surface area contributed by atoms with Gasteiger partial charge in [-0.05, 0) is 53.1 Å². The van der Waals surface area contributed by atoms with Gasteiger partial charge in [-0.2, -0.15) is 4.39 Å². The molecule has 2 aromatic carbocycles. The van der Waals surface area contributed by atoms with Crippen molar-refractivity contribution in [2.75, 3.05) is 13.1 Å². The minimum absolute atomic E-state index is 0.0506. The van der Waals surface area contributed by atoms with Gasteiger partial charge in [0.15, 0.2) is 0 Å². The summed E-state index contributed by atoms with van der Waals surface area (Å²) in [5.74, 6) is -1.14. The average molecular weight is 527 g/mol. The predicted octanol–water partition coefficient (Wildman–Crippen LogP) is 6.45. The third kappa shape index (κ3) is 5.14. The zero-order valence-electron chi connectivity index (χ0n) is 19.1. The Bertz CT molecular complexity index is 1470. The molecular weight excluding hydrogens is 505 g/mol. The van der Waals surface area contributed by atoms with Gasteiger partial charge in [0, 0.05) is 54.9 Å². The Morgan fingerprint density at radius 2 is 1.92 bits per heavy atom. The van der Waals surface area contributed by atoms with Crippen LogP contribution in [0.5, 0.6) is 0 Å². The summed E-state index contributed by atoms with van der Waals surface area (Å²) >= 11 is 12.0. The van der Waals surface area contributed by atoms with Crippen molar-refractivity contribution < 1.29 is 13.6 Å². The second-order valence-corrected chi connectivity index (χ2v) is 9.47. The summed E-state index contributed by atoms with van der Waals surface area (Å²) in [6.07, 6.45) is 6.06. The van der Waals surface area contributed by atoms with Gasteiger partial charge in [-0.25, -0.2) is 14.2 Å². The second kappa shape index (κ2) is 10.4. The minimum atomic E-state index is -0.613. The first-order chi connectivity index (χ1) is 17.4. The molecule has 0 fully saturated rings. The zero-order chi connectivity index (χ0) is 25.2. The summed E-state index contributed by atoms with van der Waals surface area (Å²) in [7, 11) is 0. The molecule has 0 saturated heterocycles. The number of fused-ring (bicyclic) bond motifs is 3. The van der Waals surface area contributed by atoms with Crippen LogP contribution in [-0.2, 0) is 19.5 Å². The van der Waals surface area contributed by atoms with Gasteiger partial charge in [0.25, 0.3) is 0 Å². The van der Waals surface area contributed by atoms with Gasteiger partial charge < -0.3 is 5.32 Å². The highest BCUT2D eigenvalue weighted by molar-refractivity contribution is 6.31. The van der Waals surface area contributed by atoms with Crippen molar-refractivity contribution in [1.82, 2.24) is 19.8 Å². The molecule has 2 aromatic heterocycles. The maximum Gasteiger partial charge on any atom is 0.326 e. The fraction of sp³-hybridized carbons (Fsp3) is 0.185. The largest absolute Gasteiger partial charge is 0.333 e. The van der Waals surface area contributed by atoms with Crippen LogP contribution in [0, 0.1) is 11.8 Å². The van der Waals surface area contributed by atoms with Gasteiger partial charge in [-0.3, -0.25) is 9.47 Å². The number of nitrogens with zero attached hydrogens (tertiary/aromatic N) is 3. The molecule has 5 nitrogen and oxygen atoms in total. The summed E-state index contributed by atoms with van der Waals surface area (Å²) in [6.45, 7) is 2.12. The maximum absolute atomic E-state index is 14.4. The molecule has 0 saturated carbocycles. The van der Waals surface area contributed by atoms with E-state index in [1.54, 1.807) is 10.6 Å². The lowest BCUT2D eigenvalue weighted by atomic mass is 10.0. The molecule has 0 atom stereocenters. The third-order valence-electron chi connectivity index (χ3n) is 6.25. The number of halogens is 4. The summed E-state index contributed by atoms with van der Waals surface area (Å²) in [5, 5.41) is 4.13. The van der Waals surface area contributed by atoms with E-state index in [9.17, 15) is 13.6 Å². The van der Waals surface area contributed by atoms with Crippen molar-refractivity contribution in [1.29, 1.82) is 0 Å². The van der Waals surface area contributed by atoms with Crippen LogP contribution in [0.4, 0.5) is 13.6 Å². The van der Waals surface area contributed by atoms with Crippen LogP contribution in [0.25, 0.3) is 17.0 Å². The van der Waals surface area contributed by atoms with Gasteiger partial charge in [0.05, 0.1) is 10.5 Å². The molecule has 3 heterocycles. The van der Waals surface area contributed by atoms with E-state index in [0.717, 1.165) is 23.4 Å². The standard InChI is InChI=1S/C27H22Cl2F2N4O/c28-19-5-3-17(4-6-19)2-1-10-34-11-8-24-21(16-34)20-13-23(30)22(29)14-25(20)35(24)27(36)33-15-18-7-9-32-26(31)12-18/h1-7,9,12-14H,8,10-11,15-16H2,(H,33,36). The molecule has 9 heteroatoms. The van der Waals surface area contributed by atoms with Gasteiger partial charge in [0.2, 0.25) is 5.95 Å². The van der Waals surface area contributed by atoms with E-state index >= 15 is 0 Å². The van der Waals surface area contributed by atoms with Crippen LogP contribution in [0.2, 0.25) is 10.0 Å². The maximum atomic E-state index is 14.4. The predicted molar refractivity (Wildman–Crippen MR) is 138 cm³/mol. The number of benzene rings is 2. The number of hydrogen-bond donors (Lipinski definition) is 1. The van der Waals surface area contributed by atoms with Gasteiger partial charge in [0.1, 0.15) is 5.82 Å². The highest BCUT2D eigenvalue weighted by Crippen LogP contribution is 2.34. The molecule has 4 aromatic rings. The molecule has 0 aliphatic carbocycles. The first-order valence-electron chi connectivity index (χ1n) is 11.4. The molecule has 184 valence electrons. The summed E-state index contributed by atoms with van der Waals surface area (Å²) in [4.78, 5) is 19.0. The second-order valence-electron chi connectivity index (χ2n) is 8.63. The number of carbonyl (C=O) groups is 1. The highest BCUT2D eigenvalue weighted by atomic mass is 35.5. The first-order valence-corrected chi connectivity index (χ1v) is 12.2. The number of pyridine rings is 1. The first kappa shape index (κ1) is 24.4. The quantitative estimate of drug-likeness (QED) is 0.304. The lowest BCUT2D eigenvalue weighted by Gasteiger charge is -2.27. The smallest absolute Gasteiger partial charge is 0.326 e. The van der Waals surface area contributed by atoms with Gasteiger partial charge in [-0.1, -0.05) is 47.5 Å². The van der Waals surface area contributed by atoms with Crippen LogP contribution >= 0.6 is 23.2 Å². The van der Waals surface area contributed by atoms with Crippen LogP contribution in [-0.4, -0.2) is 33.6 Å². The molecule has 1 amide bonds. The topological polar surface area (TPSA) is 50.2 Å². The van der Waals surface area contributed by atoms with E-state index in [0.29, 0.717) is 41.0 Å². The Kier molecular flexibility index (Phi) is 7.05. The SMILES string of the molecule is O=C(NCc1ccnc(F)c1)n1c2c(c3cc(F)c(Cl)cc31)CN(CC=Cc1ccc(Cl)cc1)CC2. The van der Waals surface area contributed by atoms with Crippen molar-refractivity contribution in [3.63, 3.8) is 0 Å². The van der Waals surface area contributed by atoms with E-state index in [2.05, 4.69) is 21.3 Å². The monoisotopic (exact) mass is 526 g/mol. The Morgan fingerprint density at radius 3 is 2.69 bits per heavy atom. The van der Waals surface area contributed by atoms with E-state index in [-0.39, 0.29) is 17.6 Å². The van der Waals surface area contributed by atoms with E-state index in [1.165, 1.54) is 24.4 Å². The van der Waals surface area contributed by atoms with E-state index < -0.39 is 11.8 Å². The Morgan fingerprint density at radius 1 is 1.11 bits per heavy atom. The van der Waals surface area contributed by atoms with E-state index in [4.69, 9.17) is 23.2 Å². The molecule has 1 aliphatic heterocycles. The molecular formula is C27H22Cl2F2N4O. The number of amides is 1. The average Bonchev–Trinajstić information content (AvgIpc) is 3.16. The summed E-state index contributed by atoms with van der Waals surface area (Å²) in [6, 6.07) is 13.0. The van der Waals surface area contributed by atoms with Crippen LogP contribution < -0.4 is 5.32 Å². The molecule has 1 N–H and O–H groups in total. The van der Waals surface area contributed by atoms with Gasteiger partial charge in [-0.15, -0.1) is 0 Å². The van der Waals surface area contributed by atoms with Crippen molar-refractivity contribution in [2.45, 2.75) is 19.5 Å². The van der Waals surface area contributed by atoms with E-state index in [1.807, 2.05) is 30.3 Å². The molecule has 36 heavy (non-hydrogen) atoms. The Balaban J connectivity index is 1.40. The summed E-state index contributed by atoms with van der Waals surface area (Å²) in [5.41, 5.74) is 3.91. The van der Waals surface area contributed by atoms with Gasteiger partial charge >= 0.3 is 6.03 Å². The van der Waals surface area contributed by atoms with Crippen molar-refractivity contribution in [2.24, 2.45) is 0 Å². The van der Waals surface area contributed by atoms with Crippen LogP contribution in [0.15, 0.2) is 60.8 Å². The molecule has 0 spiro atoms. The molecule has 0 bridgehead atoms. The third-order valence-corrected chi connectivity index (χ3v) is 6.79. The Labute approximate surface area is 216 Å². The fourth-order valence-electron chi connectivity index (χ4n) is 4.51. The number of carbonyl (C=O) groups excluding carboxylic acids is 1. The molecule has 0 unspecified atom stereocenters. The highest BCUT2D eigenvalue weighted by Gasteiger charge is 2.27. The number of rotatable bonds is 5. The van der Waals surface area contributed by atoms with Crippen LogP contribution in [0.1, 0.15) is 22.4 Å². The molecule has 5 rings (SSSR count). The lowest BCUT2D eigenvalue weighted by molar-refractivity contribution is 0.240. The normalized spacial score (nSPS) is 13.9. The molecule has 1 aliphatic rings. The van der Waals surface area contributed by atoms with Crippen LogP contribution in [0.3, 0.4) is 0 Å². The minimum Gasteiger partial charge on any atom is -0.333 e. The lowest BCUT2D eigenvalue weighted by Crippen LogP contribution is -2.34. The number of aromatic nitrogens is 2. The molecule has 0 radical (unpaired) electrons. The fourth-order valence-corrected chi connectivity index (χ4v) is 4.80. The Hall–Kier alpha value is -3.26. The number of nitrogens with one attached hydrogen (secondary N) is 1. The zero-order valence-corrected chi connectivity index (χ0v) is 20.7. The number of hydrogen-bond acceptors (Lipinski definition) is 3. The van der Waals surface area contributed by atoms with Crippen molar-refractivity contribution in [3.05, 3.63) is 105 Å². The summed E-state index contributed by atoms with van der Waals surface area (Å²) < 4.78 is 29.4.